The summed E-state index contributed by atoms with van der Waals surface area (Å²) in [5, 5.41) is 10.3. The standard InChI is InChI=1S/C11H16O3/c1-13-9-4-6-11(12,7-5-9)10-3-2-8-14-10/h2-3,8-9,12H,4-7H2,1H3. The zero-order valence-corrected chi connectivity index (χ0v) is 8.40. The fraction of sp³-hybridized carbons (Fsp3) is 0.636. The fourth-order valence-corrected chi connectivity index (χ4v) is 2.09. The van der Waals surface area contributed by atoms with Crippen molar-refractivity contribution in [3.63, 3.8) is 0 Å². The summed E-state index contributed by atoms with van der Waals surface area (Å²) in [5.41, 5.74) is -0.765. The van der Waals surface area contributed by atoms with Gasteiger partial charge in [0.25, 0.3) is 0 Å². The molecular formula is C11H16O3. The van der Waals surface area contributed by atoms with E-state index in [4.69, 9.17) is 9.15 Å². The van der Waals surface area contributed by atoms with Gasteiger partial charge in [-0.15, -0.1) is 0 Å². The summed E-state index contributed by atoms with van der Waals surface area (Å²) < 4.78 is 10.5. The number of hydrogen-bond acceptors (Lipinski definition) is 3. The normalized spacial score (nSPS) is 33.1. The topological polar surface area (TPSA) is 42.6 Å². The average Bonchev–Trinajstić information content (AvgIpc) is 2.72. The molecular weight excluding hydrogens is 180 g/mol. The highest BCUT2D eigenvalue weighted by Crippen LogP contribution is 2.37. The highest BCUT2D eigenvalue weighted by atomic mass is 16.5. The van der Waals surface area contributed by atoms with Gasteiger partial charge in [-0.2, -0.15) is 0 Å². The van der Waals surface area contributed by atoms with Gasteiger partial charge >= 0.3 is 0 Å². The van der Waals surface area contributed by atoms with Crippen molar-refractivity contribution in [1.29, 1.82) is 0 Å². The van der Waals surface area contributed by atoms with Gasteiger partial charge in [0.2, 0.25) is 0 Å². The van der Waals surface area contributed by atoms with Crippen LogP contribution in [0.4, 0.5) is 0 Å². The molecule has 78 valence electrons. The van der Waals surface area contributed by atoms with Crippen molar-refractivity contribution in [1.82, 2.24) is 0 Å². The molecule has 1 saturated carbocycles. The zero-order chi connectivity index (χ0) is 10.0. The van der Waals surface area contributed by atoms with Gasteiger partial charge in [0.05, 0.1) is 12.4 Å². The summed E-state index contributed by atoms with van der Waals surface area (Å²) in [7, 11) is 1.72. The summed E-state index contributed by atoms with van der Waals surface area (Å²) in [6.45, 7) is 0. The van der Waals surface area contributed by atoms with Crippen LogP contribution in [-0.4, -0.2) is 18.3 Å². The van der Waals surface area contributed by atoms with Gasteiger partial charge in [0.1, 0.15) is 11.4 Å². The van der Waals surface area contributed by atoms with Crippen molar-refractivity contribution in [2.45, 2.75) is 37.4 Å². The monoisotopic (exact) mass is 196 g/mol. The molecule has 0 unspecified atom stereocenters. The zero-order valence-electron chi connectivity index (χ0n) is 8.40. The molecule has 3 nitrogen and oxygen atoms in total. The largest absolute Gasteiger partial charge is 0.466 e. The maximum Gasteiger partial charge on any atom is 0.135 e. The Balaban J connectivity index is 2.06. The third kappa shape index (κ3) is 1.70. The predicted octanol–water partition coefficient (Wildman–Crippen LogP) is 2.06. The van der Waals surface area contributed by atoms with Crippen LogP contribution in [0.3, 0.4) is 0 Å². The second kappa shape index (κ2) is 3.75. The van der Waals surface area contributed by atoms with Crippen LogP contribution in [0.15, 0.2) is 22.8 Å². The van der Waals surface area contributed by atoms with Gasteiger partial charge in [-0.1, -0.05) is 0 Å². The number of methoxy groups -OCH3 is 1. The van der Waals surface area contributed by atoms with E-state index in [1.165, 1.54) is 0 Å². The number of hydrogen-bond donors (Lipinski definition) is 1. The highest BCUT2D eigenvalue weighted by Gasteiger charge is 2.36. The average molecular weight is 196 g/mol. The Kier molecular flexibility index (Phi) is 2.61. The Labute approximate surface area is 83.7 Å². The Hall–Kier alpha value is -0.800. The predicted molar refractivity (Wildman–Crippen MR) is 51.9 cm³/mol. The van der Waals surface area contributed by atoms with Crippen molar-refractivity contribution < 1.29 is 14.3 Å². The molecule has 0 radical (unpaired) electrons. The molecule has 2 rings (SSSR count). The smallest absolute Gasteiger partial charge is 0.135 e. The molecule has 1 fully saturated rings. The van der Waals surface area contributed by atoms with Gasteiger partial charge < -0.3 is 14.3 Å². The number of aliphatic hydroxyl groups is 1. The SMILES string of the molecule is COC1CCC(O)(c2ccco2)CC1. The lowest BCUT2D eigenvalue weighted by Gasteiger charge is -2.33. The van der Waals surface area contributed by atoms with E-state index >= 15 is 0 Å². The van der Waals surface area contributed by atoms with E-state index in [2.05, 4.69) is 0 Å². The fourth-order valence-electron chi connectivity index (χ4n) is 2.09. The molecule has 3 heteroatoms. The minimum atomic E-state index is -0.765. The van der Waals surface area contributed by atoms with E-state index in [0.29, 0.717) is 11.9 Å². The molecule has 0 amide bonds. The van der Waals surface area contributed by atoms with Crippen LogP contribution < -0.4 is 0 Å². The van der Waals surface area contributed by atoms with Crippen molar-refractivity contribution in [2.75, 3.05) is 7.11 Å². The molecule has 1 aromatic heterocycles. The quantitative estimate of drug-likeness (QED) is 0.787. The minimum Gasteiger partial charge on any atom is -0.466 e. The highest BCUT2D eigenvalue weighted by molar-refractivity contribution is 5.10. The van der Waals surface area contributed by atoms with Crippen LogP contribution in [0, 0.1) is 0 Å². The van der Waals surface area contributed by atoms with Crippen LogP contribution in [0.25, 0.3) is 0 Å². The molecule has 1 N–H and O–H groups in total. The molecule has 0 spiro atoms. The first-order valence-electron chi connectivity index (χ1n) is 5.04. The van der Waals surface area contributed by atoms with Crippen LogP contribution in [-0.2, 0) is 10.3 Å². The molecule has 0 aromatic carbocycles. The van der Waals surface area contributed by atoms with Gasteiger partial charge in [-0.25, -0.2) is 0 Å². The van der Waals surface area contributed by atoms with E-state index in [1.807, 2.05) is 12.1 Å². The second-order valence-corrected chi connectivity index (χ2v) is 3.94. The summed E-state index contributed by atoms with van der Waals surface area (Å²) >= 11 is 0. The lowest BCUT2D eigenvalue weighted by molar-refractivity contribution is -0.0599. The molecule has 0 aliphatic heterocycles. The van der Waals surface area contributed by atoms with E-state index < -0.39 is 5.60 Å². The van der Waals surface area contributed by atoms with Crippen LogP contribution in [0.5, 0.6) is 0 Å². The Morgan fingerprint density at radius 3 is 2.71 bits per heavy atom. The maximum absolute atomic E-state index is 10.3. The lowest BCUT2D eigenvalue weighted by Crippen LogP contribution is -2.33. The molecule has 0 bridgehead atoms. The molecule has 0 saturated heterocycles. The second-order valence-electron chi connectivity index (χ2n) is 3.94. The molecule has 1 aromatic rings. The minimum absolute atomic E-state index is 0.297. The molecule has 1 aliphatic rings. The van der Waals surface area contributed by atoms with Crippen LogP contribution in [0.2, 0.25) is 0 Å². The molecule has 1 aliphatic carbocycles. The first-order valence-corrected chi connectivity index (χ1v) is 5.04. The van der Waals surface area contributed by atoms with E-state index in [1.54, 1.807) is 13.4 Å². The number of rotatable bonds is 2. The molecule has 1 heterocycles. The Bertz CT molecular complexity index is 271. The summed E-state index contributed by atoms with van der Waals surface area (Å²) in [5.74, 6) is 0.687. The number of ether oxygens (including phenoxy) is 1. The lowest BCUT2D eigenvalue weighted by atomic mass is 9.81. The van der Waals surface area contributed by atoms with Gasteiger partial charge in [0, 0.05) is 7.11 Å². The van der Waals surface area contributed by atoms with Crippen molar-refractivity contribution in [2.24, 2.45) is 0 Å². The van der Waals surface area contributed by atoms with Crippen LogP contribution in [0.1, 0.15) is 31.4 Å². The summed E-state index contributed by atoms with van der Waals surface area (Å²) in [6, 6.07) is 3.66. The van der Waals surface area contributed by atoms with Gasteiger partial charge in [-0.05, 0) is 37.8 Å². The van der Waals surface area contributed by atoms with Gasteiger partial charge in [0.15, 0.2) is 0 Å². The third-order valence-electron chi connectivity index (χ3n) is 3.07. The maximum atomic E-state index is 10.3. The van der Waals surface area contributed by atoms with E-state index in [-0.39, 0.29) is 0 Å². The first kappa shape index (κ1) is 9.74. The molecule has 14 heavy (non-hydrogen) atoms. The van der Waals surface area contributed by atoms with Gasteiger partial charge in [-0.3, -0.25) is 0 Å². The van der Waals surface area contributed by atoms with E-state index in [0.717, 1.165) is 25.7 Å². The van der Waals surface area contributed by atoms with Crippen molar-refractivity contribution in [3.05, 3.63) is 24.2 Å². The van der Waals surface area contributed by atoms with Crippen molar-refractivity contribution in [3.8, 4) is 0 Å². The third-order valence-corrected chi connectivity index (χ3v) is 3.07. The van der Waals surface area contributed by atoms with Crippen LogP contribution >= 0.6 is 0 Å². The Morgan fingerprint density at radius 2 is 2.21 bits per heavy atom. The summed E-state index contributed by atoms with van der Waals surface area (Å²) in [4.78, 5) is 0. The van der Waals surface area contributed by atoms with Crippen molar-refractivity contribution >= 4 is 0 Å². The Morgan fingerprint density at radius 1 is 1.50 bits per heavy atom. The van der Waals surface area contributed by atoms with E-state index in [9.17, 15) is 5.11 Å². The number of furan rings is 1. The molecule has 0 atom stereocenters. The first-order chi connectivity index (χ1) is 6.74. The summed E-state index contributed by atoms with van der Waals surface area (Å²) in [6.07, 6.45) is 5.14.